The monoisotopic (exact) mass is 500 g/mol. The Morgan fingerprint density at radius 1 is 1.25 bits per heavy atom. The quantitative estimate of drug-likeness (QED) is 0.306. The van der Waals surface area contributed by atoms with E-state index in [0.717, 1.165) is 25.7 Å². The summed E-state index contributed by atoms with van der Waals surface area (Å²) in [6.45, 7) is 5.78. The molecule has 1 aliphatic heterocycles. The number of benzene rings is 1. The molecule has 0 aromatic heterocycles. The summed E-state index contributed by atoms with van der Waals surface area (Å²) in [4.78, 5) is 53.1. The first-order chi connectivity index (χ1) is 17.1. The van der Waals surface area contributed by atoms with Crippen molar-refractivity contribution in [1.29, 1.82) is 0 Å². The second kappa shape index (κ2) is 12.0. The lowest BCUT2D eigenvalue weighted by molar-refractivity contribution is -0.384. The minimum Gasteiger partial charge on any atom is -0.459 e. The number of urea groups is 1. The van der Waals surface area contributed by atoms with Crippen LogP contribution in [0, 0.1) is 16.0 Å². The zero-order valence-electron chi connectivity index (χ0n) is 21.5. The van der Waals surface area contributed by atoms with Crippen LogP contribution >= 0.6 is 0 Å². The van der Waals surface area contributed by atoms with Gasteiger partial charge in [-0.25, -0.2) is 9.59 Å². The molecule has 1 saturated carbocycles. The van der Waals surface area contributed by atoms with E-state index in [-0.39, 0.29) is 35.7 Å². The Morgan fingerprint density at radius 2 is 1.94 bits per heavy atom. The summed E-state index contributed by atoms with van der Waals surface area (Å²) in [5, 5.41) is 14.2. The third-order valence-electron chi connectivity index (χ3n) is 6.73. The lowest BCUT2D eigenvalue weighted by atomic mass is 9.88. The number of nitrogens with one attached hydrogen (secondary N) is 1. The fourth-order valence-corrected chi connectivity index (χ4v) is 4.96. The third-order valence-corrected chi connectivity index (χ3v) is 6.73. The molecular weight excluding hydrogens is 464 g/mol. The molecule has 1 N–H and O–H groups in total. The number of rotatable bonds is 9. The number of non-ortho nitro benzene ring substituents is 1. The third kappa shape index (κ3) is 6.41. The summed E-state index contributed by atoms with van der Waals surface area (Å²) in [6, 6.07) is 4.68. The lowest BCUT2D eigenvalue weighted by Gasteiger charge is -2.38. The molecule has 3 amide bonds. The van der Waals surface area contributed by atoms with Crippen LogP contribution < -0.4 is 5.32 Å². The summed E-state index contributed by atoms with van der Waals surface area (Å²) in [5.74, 6) is -0.402. The molecule has 1 aromatic rings. The topological polar surface area (TPSA) is 122 Å². The highest BCUT2D eigenvalue weighted by molar-refractivity contribution is 5.95. The number of carbonyl (C=O) groups excluding carboxylic acids is 3. The minimum absolute atomic E-state index is 0.0580. The van der Waals surface area contributed by atoms with Crippen LogP contribution in [-0.2, 0) is 14.3 Å². The van der Waals surface area contributed by atoms with Crippen LogP contribution in [0.15, 0.2) is 35.5 Å². The number of nitrogens with zero attached hydrogens (tertiary/aromatic N) is 3. The lowest BCUT2D eigenvalue weighted by Crippen LogP contribution is -2.49. The molecule has 2 aliphatic rings. The van der Waals surface area contributed by atoms with E-state index in [4.69, 9.17) is 4.74 Å². The number of allylic oxidation sites excluding steroid dienone is 1. The van der Waals surface area contributed by atoms with Gasteiger partial charge < -0.3 is 19.9 Å². The van der Waals surface area contributed by atoms with Gasteiger partial charge in [0.2, 0.25) is 5.91 Å². The maximum Gasteiger partial charge on any atom is 0.338 e. The van der Waals surface area contributed by atoms with Crippen LogP contribution in [0.1, 0.15) is 70.9 Å². The molecule has 1 fully saturated rings. The van der Waals surface area contributed by atoms with Crippen molar-refractivity contribution in [3.63, 3.8) is 0 Å². The summed E-state index contributed by atoms with van der Waals surface area (Å²) < 4.78 is 5.45. The Hall–Kier alpha value is -3.43. The molecule has 0 bridgehead atoms. The number of nitro groups is 1. The smallest absolute Gasteiger partial charge is 0.338 e. The Bertz CT molecular complexity index is 1030. The van der Waals surface area contributed by atoms with Gasteiger partial charge in [0.15, 0.2) is 0 Å². The molecule has 10 nitrogen and oxygen atoms in total. The van der Waals surface area contributed by atoms with Crippen molar-refractivity contribution in [2.24, 2.45) is 5.92 Å². The molecule has 1 atom stereocenters. The van der Waals surface area contributed by atoms with Gasteiger partial charge in [-0.15, -0.1) is 0 Å². The van der Waals surface area contributed by atoms with Crippen molar-refractivity contribution < 1.29 is 24.0 Å². The highest BCUT2D eigenvalue weighted by atomic mass is 16.6. The zero-order valence-corrected chi connectivity index (χ0v) is 21.5. The Kier molecular flexibility index (Phi) is 9.06. The highest BCUT2D eigenvalue weighted by Crippen LogP contribution is 2.36. The molecule has 1 aliphatic carbocycles. The van der Waals surface area contributed by atoms with E-state index in [1.165, 1.54) is 29.5 Å². The van der Waals surface area contributed by atoms with Crippen LogP contribution in [0.2, 0.25) is 0 Å². The molecule has 1 aromatic carbocycles. The van der Waals surface area contributed by atoms with E-state index >= 15 is 0 Å². The molecule has 3 rings (SSSR count). The van der Waals surface area contributed by atoms with E-state index in [1.54, 1.807) is 38.8 Å². The van der Waals surface area contributed by atoms with Gasteiger partial charge in [0.1, 0.15) is 0 Å². The summed E-state index contributed by atoms with van der Waals surface area (Å²) in [7, 11) is 1.78. The molecular formula is C26H36N4O6. The predicted octanol–water partition coefficient (Wildman–Crippen LogP) is 4.32. The molecule has 196 valence electrons. The van der Waals surface area contributed by atoms with E-state index in [1.807, 2.05) is 0 Å². The van der Waals surface area contributed by atoms with E-state index in [0.29, 0.717) is 24.2 Å². The number of nitro benzene ring substituents is 1. The second-order valence-electron chi connectivity index (χ2n) is 9.82. The first-order valence-electron chi connectivity index (χ1n) is 12.6. The first-order valence-corrected chi connectivity index (χ1v) is 12.6. The Balaban J connectivity index is 1.84. The van der Waals surface area contributed by atoms with Crippen molar-refractivity contribution in [2.45, 2.75) is 71.4 Å². The fraction of sp³-hybridized carbons (Fsp3) is 0.577. The largest absolute Gasteiger partial charge is 0.459 e. The predicted molar refractivity (Wildman–Crippen MR) is 134 cm³/mol. The minimum atomic E-state index is -0.857. The van der Waals surface area contributed by atoms with Gasteiger partial charge in [0, 0.05) is 43.9 Å². The maximum atomic E-state index is 13.1. The van der Waals surface area contributed by atoms with Gasteiger partial charge in [0.25, 0.3) is 5.69 Å². The number of amides is 3. The average Bonchev–Trinajstić information content (AvgIpc) is 2.84. The van der Waals surface area contributed by atoms with Gasteiger partial charge in [-0.2, -0.15) is 0 Å². The van der Waals surface area contributed by atoms with Gasteiger partial charge in [0.05, 0.1) is 22.6 Å². The second-order valence-corrected chi connectivity index (χ2v) is 9.82. The van der Waals surface area contributed by atoms with Crippen LogP contribution in [0.3, 0.4) is 0 Å². The number of esters is 1. The standard InChI is InChI=1S/C26H36N4O6/c1-17(2)36-25(32)22-18(3)27-26(33)29(23(22)20-12-8-13-21(16-20)30(34)35)15-9-14-28(4)24(31)19-10-6-5-7-11-19/h8,12-13,16-17,19,23H,5-7,9-11,14-15H2,1-4H3,(H,27,33). The highest BCUT2D eigenvalue weighted by Gasteiger charge is 2.39. The molecule has 1 heterocycles. The maximum absolute atomic E-state index is 13.1. The molecule has 36 heavy (non-hydrogen) atoms. The van der Waals surface area contributed by atoms with Crippen LogP contribution in [0.4, 0.5) is 10.5 Å². The van der Waals surface area contributed by atoms with Crippen LogP contribution in [-0.4, -0.2) is 58.9 Å². The Labute approximate surface area is 211 Å². The SMILES string of the molecule is CC1=C(C(=O)OC(C)C)C(c2cccc([N+](=O)[O-])c2)N(CCCN(C)C(=O)C2CCCCC2)C(=O)N1. The first kappa shape index (κ1) is 27.2. The summed E-state index contributed by atoms with van der Waals surface area (Å²) >= 11 is 0. The van der Waals surface area contributed by atoms with Crippen molar-refractivity contribution in [2.75, 3.05) is 20.1 Å². The van der Waals surface area contributed by atoms with E-state index in [2.05, 4.69) is 5.32 Å². The molecule has 1 unspecified atom stereocenters. The number of hydrogen-bond acceptors (Lipinski definition) is 6. The van der Waals surface area contributed by atoms with Crippen molar-refractivity contribution in [1.82, 2.24) is 15.1 Å². The molecule has 0 radical (unpaired) electrons. The van der Waals surface area contributed by atoms with Gasteiger partial charge in [-0.05, 0) is 45.6 Å². The van der Waals surface area contributed by atoms with Crippen molar-refractivity contribution in [3.8, 4) is 0 Å². The summed E-state index contributed by atoms with van der Waals surface area (Å²) in [5.41, 5.74) is 0.893. The van der Waals surface area contributed by atoms with E-state index in [9.17, 15) is 24.5 Å². The summed E-state index contributed by atoms with van der Waals surface area (Å²) in [6.07, 6.45) is 5.25. The fourth-order valence-electron chi connectivity index (χ4n) is 4.96. The van der Waals surface area contributed by atoms with Crippen LogP contribution in [0.5, 0.6) is 0 Å². The van der Waals surface area contributed by atoms with Crippen LogP contribution in [0.25, 0.3) is 0 Å². The normalized spacial score (nSPS) is 18.8. The molecule has 10 heteroatoms. The molecule has 0 spiro atoms. The van der Waals surface area contributed by atoms with Crippen molar-refractivity contribution >= 4 is 23.6 Å². The number of hydrogen-bond donors (Lipinski definition) is 1. The Morgan fingerprint density at radius 3 is 2.58 bits per heavy atom. The number of carbonyl (C=O) groups is 3. The van der Waals surface area contributed by atoms with Gasteiger partial charge in [-0.3, -0.25) is 14.9 Å². The van der Waals surface area contributed by atoms with E-state index < -0.39 is 23.0 Å². The van der Waals surface area contributed by atoms with Gasteiger partial charge >= 0.3 is 12.0 Å². The average molecular weight is 501 g/mol. The zero-order chi connectivity index (χ0) is 26.4. The van der Waals surface area contributed by atoms with Gasteiger partial charge in [-0.1, -0.05) is 31.4 Å². The molecule has 0 saturated heterocycles. The van der Waals surface area contributed by atoms with Crippen molar-refractivity contribution in [3.05, 3.63) is 51.2 Å². The number of ether oxygens (including phenoxy) is 1.